The Morgan fingerprint density at radius 3 is 2.77 bits per heavy atom. The average molecular weight is 554 g/mol. The van der Waals surface area contributed by atoms with Gasteiger partial charge in [-0.2, -0.15) is 0 Å². The molecular weight excluding hydrogens is 527 g/mol. The number of para-hydroxylation sites is 1. The largest absolute Gasteiger partial charge is 0.469 e. The third-order valence-corrected chi connectivity index (χ3v) is 6.27. The molecule has 0 spiro atoms. The van der Waals surface area contributed by atoms with Crippen molar-refractivity contribution in [3.63, 3.8) is 0 Å². The number of benzene rings is 1. The molecule has 0 amide bonds. The Kier molecular flexibility index (Phi) is 8.30. The second-order valence-electron chi connectivity index (χ2n) is 7.21. The molecule has 1 fully saturated rings. The highest BCUT2D eigenvalue weighted by Gasteiger charge is 2.27. The molecule has 166 valence electrons. The second kappa shape index (κ2) is 10.9. The molecule has 0 unspecified atom stereocenters. The van der Waals surface area contributed by atoms with Gasteiger partial charge in [-0.1, -0.05) is 12.1 Å². The Morgan fingerprint density at radius 2 is 2.06 bits per heavy atom. The van der Waals surface area contributed by atoms with Crippen molar-refractivity contribution in [2.45, 2.75) is 26.3 Å². The molecular formula is C22H27IN4O3S. The normalized spacial score (nSPS) is 15.0. The van der Waals surface area contributed by atoms with Gasteiger partial charge in [-0.05, 0) is 44.0 Å². The maximum atomic E-state index is 11.8. The third kappa shape index (κ3) is 5.57. The van der Waals surface area contributed by atoms with Crippen LogP contribution in [0.15, 0.2) is 45.8 Å². The molecule has 0 bridgehead atoms. The van der Waals surface area contributed by atoms with Crippen molar-refractivity contribution in [2.24, 2.45) is 10.9 Å². The SMILES string of the molecule is CCNC(=NCc1ccc(-c2nc3ccccc3s2)o1)N1CCC(C(=O)OC)CC1.I. The summed E-state index contributed by atoms with van der Waals surface area (Å²) >= 11 is 1.62. The van der Waals surface area contributed by atoms with Gasteiger partial charge in [0.15, 0.2) is 16.7 Å². The van der Waals surface area contributed by atoms with Crippen molar-refractivity contribution in [3.05, 3.63) is 42.2 Å². The molecule has 2 aromatic heterocycles. The van der Waals surface area contributed by atoms with Gasteiger partial charge in [0, 0.05) is 19.6 Å². The van der Waals surface area contributed by atoms with Gasteiger partial charge in [-0.15, -0.1) is 35.3 Å². The van der Waals surface area contributed by atoms with E-state index in [1.165, 1.54) is 7.11 Å². The minimum Gasteiger partial charge on any atom is -0.469 e. The van der Waals surface area contributed by atoms with Gasteiger partial charge in [0.1, 0.15) is 12.3 Å². The van der Waals surface area contributed by atoms with E-state index in [1.807, 2.05) is 30.3 Å². The number of methoxy groups -OCH3 is 1. The van der Waals surface area contributed by atoms with E-state index in [1.54, 1.807) is 11.3 Å². The minimum absolute atomic E-state index is 0. The van der Waals surface area contributed by atoms with Crippen LogP contribution < -0.4 is 5.32 Å². The van der Waals surface area contributed by atoms with Crippen LogP contribution in [0.3, 0.4) is 0 Å². The topological polar surface area (TPSA) is 80.0 Å². The van der Waals surface area contributed by atoms with Crippen LogP contribution in [0, 0.1) is 5.92 Å². The average Bonchev–Trinajstić information content (AvgIpc) is 3.43. The fraction of sp³-hybridized carbons (Fsp3) is 0.409. The number of likely N-dealkylation sites (tertiary alicyclic amines) is 1. The van der Waals surface area contributed by atoms with Gasteiger partial charge in [0.25, 0.3) is 0 Å². The number of esters is 1. The molecule has 0 atom stereocenters. The fourth-order valence-electron chi connectivity index (χ4n) is 3.63. The number of rotatable bonds is 5. The van der Waals surface area contributed by atoms with Crippen LogP contribution in [0.25, 0.3) is 21.0 Å². The van der Waals surface area contributed by atoms with E-state index < -0.39 is 0 Å². The van der Waals surface area contributed by atoms with Crippen LogP contribution >= 0.6 is 35.3 Å². The number of aliphatic imine (C=N–C) groups is 1. The van der Waals surface area contributed by atoms with Crippen LogP contribution in [-0.2, 0) is 16.1 Å². The number of thiazole rings is 1. The predicted molar refractivity (Wildman–Crippen MR) is 134 cm³/mol. The molecule has 9 heteroatoms. The molecule has 0 radical (unpaired) electrons. The summed E-state index contributed by atoms with van der Waals surface area (Å²) in [5.74, 6) is 2.28. The summed E-state index contributed by atoms with van der Waals surface area (Å²) < 4.78 is 12.0. The first-order valence-electron chi connectivity index (χ1n) is 10.2. The Morgan fingerprint density at radius 1 is 1.29 bits per heavy atom. The standard InChI is InChI=1S/C22H26N4O3S.HI/c1-3-23-22(26-12-10-15(11-13-26)21(27)28-2)24-14-16-8-9-18(29-16)20-25-17-6-4-5-7-19(17)30-20;/h4-9,15H,3,10-14H2,1-2H3,(H,23,24);1H. The number of piperidine rings is 1. The maximum Gasteiger partial charge on any atom is 0.308 e. The van der Waals surface area contributed by atoms with Gasteiger partial charge < -0.3 is 19.4 Å². The summed E-state index contributed by atoms with van der Waals surface area (Å²) in [7, 11) is 1.45. The highest BCUT2D eigenvalue weighted by molar-refractivity contribution is 14.0. The van der Waals surface area contributed by atoms with Crippen molar-refractivity contribution in [1.29, 1.82) is 0 Å². The van der Waals surface area contributed by atoms with Gasteiger partial charge in [-0.25, -0.2) is 9.98 Å². The van der Waals surface area contributed by atoms with Crippen molar-refractivity contribution in [2.75, 3.05) is 26.7 Å². The Hall–Kier alpha value is -2.14. The molecule has 0 aliphatic carbocycles. The third-order valence-electron chi connectivity index (χ3n) is 5.21. The molecule has 3 aromatic rings. The lowest BCUT2D eigenvalue weighted by Gasteiger charge is -2.33. The van der Waals surface area contributed by atoms with Crippen molar-refractivity contribution in [3.8, 4) is 10.8 Å². The first-order chi connectivity index (χ1) is 14.7. The Bertz CT molecular complexity index is 1010. The lowest BCUT2D eigenvalue weighted by molar-refractivity contribution is -0.146. The van der Waals surface area contributed by atoms with Crippen molar-refractivity contribution >= 4 is 57.5 Å². The number of furan rings is 1. The first-order valence-corrected chi connectivity index (χ1v) is 11.1. The van der Waals surface area contributed by atoms with Gasteiger partial charge in [0.2, 0.25) is 0 Å². The molecule has 7 nitrogen and oxygen atoms in total. The molecule has 0 saturated carbocycles. The molecule has 4 rings (SSSR count). The molecule has 1 aromatic carbocycles. The van der Waals surface area contributed by atoms with Crippen LogP contribution in [0.4, 0.5) is 0 Å². The molecule has 3 heterocycles. The zero-order chi connectivity index (χ0) is 20.9. The van der Waals surface area contributed by atoms with E-state index in [9.17, 15) is 4.79 Å². The number of nitrogens with one attached hydrogen (secondary N) is 1. The lowest BCUT2D eigenvalue weighted by Crippen LogP contribution is -2.46. The molecule has 1 saturated heterocycles. The summed E-state index contributed by atoms with van der Waals surface area (Å²) in [4.78, 5) is 23.4. The van der Waals surface area contributed by atoms with E-state index in [0.717, 1.165) is 65.2 Å². The highest BCUT2D eigenvalue weighted by Crippen LogP contribution is 2.31. The summed E-state index contributed by atoms with van der Waals surface area (Å²) in [5.41, 5.74) is 0.985. The quantitative estimate of drug-likeness (QED) is 0.216. The summed E-state index contributed by atoms with van der Waals surface area (Å²) in [6.45, 7) is 4.84. The van der Waals surface area contributed by atoms with E-state index in [0.29, 0.717) is 6.54 Å². The van der Waals surface area contributed by atoms with Crippen LogP contribution in [0.1, 0.15) is 25.5 Å². The first kappa shape index (κ1) is 23.5. The van der Waals surface area contributed by atoms with Gasteiger partial charge in [-0.3, -0.25) is 4.79 Å². The fourth-order valence-corrected chi connectivity index (χ4v) is 4.56. The Balaban J connectivity index is 0.00000272. The maximum absolute atomic E-state index is 11.8. The number of hydrogen-bond donors (Lipinski definition) is 1. The van der Waals surface area contributed by atoms with Crippen molar-refractivity contribution < 1.29 is 13.9 Å². The van der Waals surface area contributed by atoms with E-state index >= 15 is 0 Å². The van der Waals surface area contributed by atoms with Crippen LogP contribution in [0.5, 0.6) is 0 Å². The second-order valence-corrected chi connectivity index (χ2v) is 8.24. The van der Waals surface area contributed by atoms with Crippen LogP contribution in [0.2, 0.25) is 0 Å². The number of carbonyl (C=O) groups excluding carboxylic acids is 1. The zero-order valence-corrected chi connectivity index (χ0v) is 20.8. The number of aromatic nitrogens is 1. The number of halogens is 1. The molecule has 1 aliphatic rings. The van der Waals surface area contributed by atoms with Crippen LogP contribution in [-0.4, -0.2) is 48.6 Å². The smallest absolute Gasteiger partial charge is 0.308 e. The number of carbonyl (C=O) groups is 1. The van der Waals surface area contributed by atoms with E-state index in [4.69, 9.17) is 14.1 Å². The number of guanidine groups is 1. The number of hydrogen-bond acceptors (Lipinski definition) is 6. The van der Waals surface area contributed by atoms with E-state index in [-0.39, 0.29) is 35.9 Å². The summed E-state index contributed by atoms with van der Waals surface area (Å²) in [6.07, 6.45) is 1.55. The van der Waals surface area contributed by atoms with E-state index in [2.05, 4.69) is 28.2 Å². The molecule has 1 aliphatic heterocycles. The summed E-state index contributed by atoms with van der Waals surface area (Å²) in [6, 6.07) is 12.0. The highest BCUT2D eigenvalue weighted by atomic mass is 127. The predicted octanol–water partition coefficient (Wildman–Crippen LogP) is 4.52. The lowest BCUT2D eigenvalue weighted by atomic mass is 9.97. The Labute approximate surface area is 202 Å². The zero-order valence-electron chi connectivity index (χ0n) is 17.7. The molecule has 31 heavy (non-hydrogen) atoms. The van der Waals surface area contributed by atoms with Gasteiger partial charge >= 0.3 is 5.97 Å². The number of ether oxygens (including phenoxy) is 1. The number of nitrogens with zero attached hydrogens (tertiary/aromatic N) is 3. The minimum atomic E-state index is -0.116. The van der Waals surface area contributed by atoms with Gasteiger partial charge in [0.05, 0.1) is 23.2 Å². The summed E-state index contributed by atoms with van der Waals surface area (Å²) in [5, 5.41) is 4.22. The number of fused-ring (bicyclic) bond motifs is 1. The van der Waals surface area contributed by atoms with Crippen molar-refractivity contribution in [1.82, 2.24) is 15.2 Å². The molecule has 1 N–H and O–H groups in total. The monoisotopic (exact) mass is 554 g/mol.